The van der Waals surface area contributed by atoms with E-state index in [0.29, 0.717) is 26.2 Å². The van der Waals surface area contributed by atoms with Crippen molar-refractivity contribution in [3.05, 3.63) is 34.9 Å². The molecule has 128 valence electrons. The number of carbonyl (C=O) groups is 1. The maximum absolute atomic E-state index is 11.8. The van der Waals surface area contributed by atoms with Gasteiger partial charge in [0.1, 0.15) is 0 Å². The summed E-state index contributed by atoms with van der Waals surface area (Å²) in [7, 11) is -3.33. The van der Waals surface area contributed by atoms with Crippen molar-refractivity contribution in [2.45, 2.75) is 20.4 Å². The van der Waals surface area contributed by atoms with Gasteiger partial charge in [0, 0.05) is 32.7 Å². The van der Waals surface area contributed by atoms with Gasteiger partial charge in [0.05, 0.1) is 12.2 Å². The molecule has 1 heterocycles. The van der Waals surface area contributed by atoms with Crippen LogP contribution in [0.1, 0.15) is 16.7 Å². The van der Waals surface area contributed by atoms with Crippen molar-refractivity contribution < 1.29 is 13.2 Å². The molecular weight excluding hydrogens is 314 g/mol. The van der Waals surface area contributed by atoms with Gasteiger partial charge in [-0.05, 0) is 30.5 Å². The van der Waals surface area contributed by atoms with Gasteiger partial charge in [-0.1, -0.05) is 18.2 Å². The van der Waals surface area contributed by atoms with Crippen molar-refractivity contribution in [1.82, 2.24) is 9.21 Å². The molecule has 1 aromatic carbocycles. The zero-order valence-electron chi connectivity index (χ0n) is 13.9. The highest BCUT2D eigenvalue weighted by Gasteiger charge is 2.30. The Hall–Kier alpha value is -1.44. The molecule has 2 rings (SSSR count). The third kappa shape index (κ3) is 4.53. The number of primary amides is 1. The molecule has 0 aromatic heterocycles. The Morgan fingerprint density at radius 1 is 1.22 bits per heavy atom. The predicted molar refractivity (Wildman–Crippen MR) is 90.3 cm³/mol. The summed E-state index contributed by atoms with van der Waals surface area (Å²) < 4.78 is 25.0. The minimum absolute atomic E-state index is 0.164. The first-order chi connectivity index (χ1) is 10.7. The zero-order chi connectivity index (χ0) is 17.2. The van der Waals surface area contributed by atoms with Gasteiger partial charge in [0.2, 0.25) is 15.9 Å². The Kier molecular flexibility index (Phi) is 5.44. The van der Waals surface area contributed by atoms with Crippen molar-refractivity contribution in [2.24, 2.45) is 11.7 Å². The summed E-state index contributed by atoms with van der Waals surface area (Å²) in [6.07, 6.45) is 1.17. The van der Waals surface area contributed by atoms with Crippen LogP contribution in [-0.2, 0) is 21.4 Å². The Bertz CT molecular complexity index is 668. The number of sulfonamides is 1. The first-order valence-electron chi connectivity index (χ1n) is 7.70. The lowest BCUT2D eigenvalue weighted by Gasteiger charge is -2.24. The number of aryl methyl sites for hydroxylation is 2. The van der Waals surface area contributed by atoms with E-state index in [0.717, 1.165) is 0 Å². The van der Waals surface area contributed by atoms with E-state index in [4.69, 9.17) is 5.73 Å². The minimum atomic E-state index is -3.33. The maximum atomic E-state index is 11.8. The number of benzene rings is 1. The molecule has 1 aliphatic heterocycles. The molecule has 7 heteroatoms. The third-order valence-electron chi connectivity index (χ3n) is 4.47. The fourth-order valence-electron chi connectivity index (χ4n) is 3.00. The van der Waals surface area contributed by atoms with Crippen LogP contribution in [0, 0.1) is 19.8 Å². The number of hydrogen-bond acceptors (Lipinski definition) is 4. The molecule has 1 fully saturated rings. The van der Waals surface area contributed by atoms with Crippen LogP contribution in [0.2, 0.25) is 0 Å². The smallest absolute Gasteiger partial charge is 0.223 e. The summed E-state index contributed by atoms with van der Waals surface area (Å²) in [4.78, 5) is 13.8. The molecule has 2 N–H and O–H groups in total. The van der Waals surface area contributed by atoms with Crippen LogP contribution in [0.5, 0.6) is 0 Å². The second-order valence-electron chi connectivity index (χ2n) is 6.33. The van der Waals surface area contributed by atoms with Crippen LogP contribution < -0.4 is 5.73 Å². The maximum Gasteiger partial charge on any atom is 0.223 e. The first kappa shape index (κ1) is 17.9. The van der Waals surface area contributed by atoms with Gasteiger partial charge in [-0.3, -0.25) is 9.69 Å². The average Bonchev–Trinajstić information content (AvgIpc) is 2.65. The lowest BCUT2D eigenvalue weighted by atomic mass is 10.0. The quantitative estimate of drug-likeness (QED) is 0.865. The van der Waals surface area contributed by atoms with E-state index in [2.05, 4.69) is 30.9 Å². The van der Waals surface area contributed by atoms with E-state index < -0.39 is 21.8 Å². The van der Waals surface area contributed by atoms with Crippen LogP contribution in [-0.4, -0.2) is 56.0 Å². The highest BCUT2D eigenvalue weighted by atomic mass is 32.2. The highest BCUT2D eigenvalue weighted by Crippen LogP contribution is 2.19. The second kappa shape index (κ2) is 6.98. The van der Waals surface area contributed by atoms with Gasteiger partial charge in [0.15, 0.2) is 0 Å². The number of rotatable bonds is 4. The molecule has 0 radical (unpaired) electrons. The molecule has 1 amide bonds. The summed E-state index contributed by atoms with van der Waals surface area (Å²) >= 11 is 0. The molecule has 1 aliphatic rings. The van der Waals surface area contributed by atoms with Crippen molar-refractivity contribution in [2.75, 3.05) is 32.4 Å². The average molecular weight is 339 g/mol. The molecular formula is C16H25N3O3S. The standard InChI is InChI=1S/C16H25N3O3S/c1-12-5-4-6-13(2)15(12)11-18-7-8-19(23(3,21)22)10-14(9-18)16(17)20/h4-6,14H,7-11H2,1-3H3,(H2,17,20)/t14-/m1/s1. The molecule has 0 unspecified atom stereocenters. The van der Waals surface area contributed by atoms with Crippen LogP contribution in [0.3, 0.4) is 0 Å². The van der Waals surface area contributed by atoms with Gasteiger partial charge in [-0.25, -0.2) is 12.7 Å². The number of amides is 1. The van der Waals surface area contributed by atoms with E-state index in [9.17, 15) is 13.2 Å². The second-order valence-corrected chi connectivity index (χ2v) is 8.31. The summed E-state index contributed by atoms with van der Waals surface area (Å²) in [6.45, 7) is 6.44. The van der Waals surface area contributed by atoms with Gasteiger partial charge in [0.25, 0.3) is 0 Å². The summed E-state index contributed by atoms with van der Waals surface area (Å²) in [5, 5.41) is 0. The summed E-state index contributed by atoms with van der Waals surface area (Å²) in [6, 6.07) is 6.15. The van der Waals surface area contributed by atoms with Crippen LogP contribution in [0.4, 0.5) is 0 Å². The van der Waals surface area contributed by atoms with E-state index in [1.807, 2.05) is 6.07 Å². The van der Waals surface area contributed by atoms with Crippen molar-refractivity contribution in [3.8, 4) is 0 Å². The predicted octanol–water partition coefficient (Wildman–Crippen LogP) is 0.482. The minimum Gasteiger partial charge on any atom is -0.369 e. The van der Waals surface area contributed by atoms with Crippen LogP contribution in [0.15, 0.2) is 18.2 Å². The Morgan fingerprint density at radius 3 is 2.35 bits per heavy atom. The number of hydrogen-bond donors (Lipinski definition) is 1. The molecule has 0 bridgehead atoms. The molecule has 0 saturated carbocycles. The van der Waals surface area contributed by atoms with Gasteiger partial charge >= 0.3 is 0 Å². The molecule has 1 atom stereocenters. The Balaban J connectivity index is 2.21. The van der Waals surface area contributed by atoms with Crippen LogP contribution in [0.25, 0.3) is 0 Å². The number of nitrogens with two attached hydrogens (primary N) is 1. The fourth-order valence-corrected chi connectivity index (χ4v) is 3.86. The first-order valence-corrected chi connectivity index (χ1v) is 9.55. The Morgan fingerprint density at radius 2 is 1.83 bits per heavy atom. The SMILES string of the molecule is Cc1cccc(C)c1CN1CCN(S(C)(=O)=O)C[C@H](C(N)=O)C1. The summed E-state index contributed by atoms with van der Waals surface area (Å²) in [5.41, 5.74) is 9.09. The molecule has 1 aromatic rings. The normalized spacial score (nSPS) is 21.1. The van der Waals surface area contributed by atoms with E-state index in [1.165, 1.54) is 27.3 Å². The monoisotopic (exact) mass is 339 g/mol. The van der Waals surface area contributed by atoms with Crippen LogP contribution >= 0.6 is 0 Å². The fraction of sp³-hybridized carbons (Fsp3) is 0.562. The number of nitrogens with zero attached hydrogens (tertiary/aromatic N) is 2. The van der Waals surface area contributed by atoms with E-state index in [-0.39, 0.29) is 6.54 Å². The van der Waals surface area contributed by atoms with E-state index >= 15 is 0 Å². The molecule has 0 aliphatic carbocycles. The van der Waals surface area contributed by atoms with Gasteiger partial charge < -0.3 is 5.73 Å². The number of carbonyl (C=O) groups excluding carboxylic acids is 1. The zero-order valence-corrected chi connectivity index (χ0v) is 14.8. The van der Waals surface area contributed by atoms with Gasteiger partial charge in [-0.2, -0.15) is 0 Å². The lowest BCUT2D eigenvalue weighted by molar-refractivity contribution is -0.122. The van der Waals surface area contributed by atoms with Crippen molar-refractivity contribution in [1.29, 1.82) is 0 Å². The molecule has 1 saturated heterocycles. The molecule has 23 heavy (non-hydrogen) atoms. The Labute approximate surface area is 138 Å². The lowest BCUT2D eigenvalue weighted by Crippen LogP contribution is -2.40. The van der Waals surface area contributed by atoms with E-state index in [1.54, 1.807) is 0 Å². The molecule has 6 nitrogen and oxygen atoms in total. The molecule has 0 spiro atoms. The van der Waals surface area contributed by atoms with Gasteiger partial charge in [-0.15, -0.1) is 0 Å². The largest absolute Gasteiger partial charge is 0.369 e. The van der Waals surface area contributed by atoms with Crippen molar-refractivity contribution in [3.63, 3.8) is 0 Å². The highest BCUT2D eigenvalue weighted by molar-refractivity contribution is 7.88. The summed E-state index contributed by atoms with van der Waals surface area (Å²) in [5.74, 6) is -0.941. The topological polar surface area (TPSA) is 83.7 Å². The third-order valence-corrected chi connectivity index (χ3v) is 5.74. The van der Waals surface area contributed by atoms with Crippen molar-refractivity contribution >= 4 is 15.9 Å².